The molecule has 2 rings (SSSR count). The van der Waals surface area contributed by atoms with Crippen molar-refractivity contribution in [3.05, 3.63) is 53.9 Å². The zero-order valence-electron chi connectivity index (χ0n) is 13.4. The van der Waals surface area contributed by atoms with Crippen LogP contribution in [0.15, 0.2) is 42.7 Å². The maximum atomic E-state index is 11.8. The van der Waals surface area contributed by atoms with E-state index in [1.807, 2.05) is 18.2 Å². The first-order chi connectivity index (χ1) is 11.2. The molecule has 6 heteroatoms. The number of nitrogens with one attached hydrogen (secondary N) is 1. The van der Waals surface area contributed by atoms with Crippen LogP contribution < -0.4 is 20.1 Å². The van der Waals surface area contributed by atoms with Gasteiger partial charge in [0.1, 0.15) is 6.54 Å². The Hall–Kier alpha value is -2.60. The normalized spacial score (nSPS) is 10.2. The number of pyridine rings is 1. The summed E-state index contributed by atoms with van der Waals surface area (Å²) in [4.78, 5) is 15.7. The van der Waals surface area contributed by atoms with Gasteiger partial charge in [-0.1, -0.05) is 0 Å². The lowest BCUT2D eigenvalue weighted by molar-refractivity contribution is -0.668. The molecule has 3 N–H and O–H groups in total. The fraction of sp³-hybridized carbons (Fsp3) is 0.294. The summed E-state index contributed by atoms with van der Waals surface area (Å²) in [5.41, 5.74) is 1.77. The second-order valence-electron chi connectivity index (χ2n) is 4.96. The summed E-state index contributed by atoms with van der Waals surface area (Å²) in [7, 11) is 3.25. The van der Waals surface area contributed by atoms with Crippen molar-refractivity contribution in [1.29, 1.82) is 0 Å². The van der Waals surface area contributed by atoms with E-state index in [0.717, 1.165) is 30.2 Å². The molecule has 0 unspecified atom stereocenters. The zero-order chi connectivity index (χ0) is 16.5. The molecule has 0 aliphatic heterocycles. The molecule has 0 radical (unpaired) electrons. The molecule has 0 aliphatic rings. The Bertz CT molecular complexity index is 632. The lowest BCUT2D eigenvalue weighted by atomic mass is 10.2. The van der Waals surface area contributed by atoms with Crippen LogP contribution in [0.4, 0.5) is 0 Å². The Morgan fingerprint density at radius 1 is 1.13 bits per heavy atom. The Morgan fingerprint density at radius 3 is 2.57 bits per heavy atom. The van der Waals surface area contributed by atoms with Crippen LogP contribution in [0.1, 0.15) is 15.9 Å². The fourth-order valence-electron chi connectivity index (χ4n) is 2.17. The minimum Gasteiger partial charge on any atom is -0.493 e. The summed E-state index contributed by atoms with van der Waals surface area (Å²) < 4.78 is 10.5. The summed E-state index contributed by atoms with van der Waals surface area (Å²) in [6.07, 6.45) is 3.22. The van der Waals surface area contributed by atoms with Gasteiger partial charge in [-0.15, -0.1) is 0 Å². The van der Waals surface area contributed by atoms with Crippen LogP contribution in [-0.2, 0) is 6.54 Å². The summed E-state index contributed by atoms with van der Waals surface area (Å²) >= 11 is 0. The van der Waals surface area contributed by atoms with Gasteiger partial charge in [0.25, 0.3) is 5.91 Å². The monoisotopic (exact) mass is 316 g/mol. The largest absolute Gasteiger partial charge is 0.493 e. The van der Waals surface area contributed by atoms with Crippen molar-refractivity contribution in [3.63, 3.8) is 0 Å². The van der Waals surface area contributed by atoms with Crippen molar-refractivity contribution >= 4 is 5.91 Å². The number of carbonyl (C=O) groups is 1. The maximum Gasteiger partial charge on any atom is 0.251 e. The molecular formula is C17H22N3O3+. The zero-order valence-corrected chi connectivity index (χ0v) is 13.4. The first-order valence-electron chi connectivity index (χ1n) is 7.45. The highest BCUT2D eigenvalue weighted by molar-refractivity contribution is 5.93. The molecule has 6 nitrogen and oxygen atoms in total. The number of nitrogens with two attached hydrogens (primary N) is 1. The van der Waals surface area contributed by atoms with Gasteiger partial charge in [-0.2, -0.15) is 0 Å². The molecule has 0 bridgehead atoms. The van der Waals surface area contributed by atoms with E-state index in [9.17, 15) is 4.79 Å². The van der Waals surface area contributed by atoms with E-state index in [-0.39, 0.29) is 5.91 Å². The van der Waals surface area contributed by atoms with E-state index < -0.39 is 0 Å². The maximum absolute atomic E-state index is 11.8. The van der Waals surface area contributed by atoms with E-state index in [1.54, 1.807) is 38.7 Å². The number of carbonyl (C=O) groups excluding carboxylic acids is 1. The highest BCUT2D eigenvalue weighted by Crippen LogP contribution is 2.27. The highest BCUT2D eigenvalue weighted by atomic mass is 16.5. The van der Waals surface area contributed by atoms with Crippen molar-refractivity contribution in [3.8, 4) is 11.5 Å². The molecule has 0 aliphatic carbocycles. The number of amides is 1. The van der Waals surface area contributed by atoms with Crippen LogP contribution >= 0.6 is 0 Å². The number of aromatic nitrogens is 1. The number of hydrogen-bond donors (Lipinski definition) is 2. The molecule has 0 saturated heterocycles. The standard InChI is InChI=1S/C17H21N3O3/c1-22-15-4-3-13(11-16(15)23-2)12-19-9-10-20-17(21)14-5-7-18-8-6-14/h3-8,11,19H,9-10,12H2,1-2H3,(H,20,21)/p+1. The summed E-state index contributed by atoms with van der Waals surface area (Å²) in [5.74, 6) is 1.37. The lowest BCUT2D eigenvalue weighted by Gasteiger charge is -2.09. The number of methoxy groups -OCH3 is 2. The first kappa shape index (κ1) is 16.8. The Labute approximate surface area is 135 Å². The summed E-state index contributed by atoms with van der Waals surface area (Å²) in [5, 5.41) is 5.02. The van der Waals surface area contributed by atoms with Crippen LogP contribution in [0.5, 0.6) is 11.5 Å². The predicted octanol–water partition coefficient (Wildman–Crippen LogP) is 0.592. The van der Waals surface area contributed by atoms with Crippen molar-refractivity contribution < 1.29 is 19.6 Å². The van der Waals surface area contributed by atoms with Crippen LogP contribution in [0.2, 0.25) is 0 Å². The Kier molecular flexibility index (Phi) is 6.38. The number of quaternary nitrogens is 1. The van der Waals surface area contributed by atoms with Gasteiger partial charge in [-0.3, -0.25) is 9.78 Å². The predicted molar refractivity (Wildman–Crippen MR) is 86.6 cm³/mol. The highest BCUT2D eigenvalue weighted by Gasteiger charge is 2.06. The first-order valence-corrected chi connectivity index (χ1v) is 7.45. The van der Waals surface area contributed by atoms with Crippen molar-refractivity contribution in [2.24, 2.45) is 0 Å². The average molecular weight is 316 g/mol. The van der Waals surface area contributed by atoms with E-state index >= 15 is 0 Å². The summed E-state index contributed by atoms with van der Waals surface area (Å²) in [6.45, 7) is 2.21. The van der Waals surface area contributed by atoms with E-state index in [0.29, 0.717) is 12.1 Å². The minimum atomic E-state index is -0.0769. The number of hydrogen-bond acceptors (Lipinski definition) is 4. The van der Waals surface area contributed by atoms with Gasteiger partial charge in [0.2, 0.25) is 0 Å². The fourth-order valence-corrected chi connectivity index (χ4v) is 2.17. The van der Waals surface area contributed by atoms with Gasteiger partial charge in [0.05, 0.1) is 27.3 Å². The van der Waals surface area contributed by atoms with Crippen molar-refractivity contribution in [2.75, 3.05) is 27.3 Å². The average Bonchev–Trinajstić information content (AvgIpc) is 2.61. The minimum absolute atomic E-state index is 0.0769. The van der Waals surface area contributed by atoms with Gasteiger partial charge in [0.15, 0.2) is 11.5 Å². The van der Waals surface area contributed by atoms with Crippen LogP contribution in [0, 0.1) is 0 Å². The van der Waals surface area contributed by atoms with Crippen molar-refractivity contribution in [2.45, 2.75) is 6.54 Å². The molecule has 0 spiro atoms. The molecule has 122 valence electrons. The van der Waals surface area contributed by atoms with Gasteiger partial charge in [-0.05, 0) is 30.3 Å². The lowest BCUT2D eigenvalue weighted by Crippen LogP contribution is -2.84. The summed E-state index contributed by atoms with van der Waals surface area (Å²) in [6, 6.07) is 9.26. The molecule has 1 amide bonds. The third-order valence-electron chi connectivity index (χ3n) is 3.40. The smallest absolute Gasteiger partial charge is 0.251 e. The molecule has 0 saturated carbocycles. The van der Waals surface area contributed by atoms with Crippen molar-refractivity contribution in [1.82, 2.24) is 10.3 Å². The third-order valence-corrected chi connectivity index (χ3v) is 3.40. The SMILES string of the molecule is COc1ccc(C[NH2+]CCNC(=O)c2ccncc2)cc1OC. The molecule has 1 aromatic heterocycles. The topological polar surface area (TPSA) is 77.1 Å². The van der Waals surface area contributed by atoms with Crippen LogP contribution in [-0.4, -0.2) is 38.2 Å². The Morgan fingerprint density at radius 2 is 1.87 bits per heavy atom. The number of rotatable bonds is 8. The quantitative estimate of drug-likeness (QED) is 0.699. The number of benzene rings is 1. The molecule has 0 fully saturated rings. The van der Waals surface area contributed by atoms with Gasteiger partial charge >= 0.3 is 0 Å². The van der Waals surface area contributed by atoms with Crippen LogP contribution in [0.3, 0.4) is 0 Å². The molecular weight excluding hydrogens is 294 g/mol. The second-order valence-corrected chi connectivity index (χ2v) is 4.96. The Balaban J connectivity index is 1.72. The van der Waals surface area contributed by atoms with Gasteiger partial charge < -0.3 is 20.1 Å². The number of ether oxygens (including phenoxy) is 2. The van der Waals surface area contributed by atoms with Gasteiger partial charge in [0, 0.05) is 23.5 Å². The van der Waals surface area contributed by atoms with Crippen LogP contribution in [0.25, 0.3) is 0 Å². The van der Waals surface area contributed by atoms with E-state index in [1.165, 1.54) is 0 Å². The molecule has 0 atom stereocenters. The molecule has 1 aromatic carbocycles. The van der Waals surface area contributed by atoms with E-state index in [4.69, 9.17) is 9.47 Å². The second kappa shape index (κ2) is 8.75. The number of nitrogens with zero attached hydrogens (tertiary/aromatic N) is 1. The third kappa shape index (κ3) is 4.96. The molecule has 23 heavy (non-hydrogen) atoms. The van der Waals surface area contributed by atoms with Gasteiger partial charge in [-0.25, -0.2) is 0 Å². The molecule has 2 aromatic rings. The molecule has 1 heterocycles. The van der Waals surface area contributed by atoms with E-state index in [2.05, 4.69) is 15.6 Å².